The van der Waals surface area contributed by atoms with E-state index in [2.05, 4.69) is 22.4 Å². The van der Waals surface area contributed by atoms with Crippen molar-refractivity contribution in [2.45, 2.75) is 46.2 Å². The number of carbonyl (C=O) groups is 2. The first-order valence-corrected chi connectivity index (χ1v) is 8.48. The number of nitrogens with one attached hydrogen (secondary N) is 2. The Kier molecular flexibility index (Phi) is 6.43. The van der Waals surface area contributed by atoms with Crippen LogP contribution in [-0.2, 0) is 24.3 Å². The van der Waals surface area contributed by atoms with Gasteiger partial charge in [0.1, 0.15) is 0 Å². The average Bonchev–Trinajstić information content (AvgIpc) is 2.97. The van der Waals surface area contributed by atoms with Gasteiger partial charge in [0.25, 0.3) is 0 Å². The van der Waals surface area contributed by atoms with Gasteiger partial charge in [0.15, 0.2) is 16.4 Å². The second kappa shape index (κ2) is 8.54. The summed E-state index contributed by atoms with van der Waals surface area (Å²) in [6, 6.07) is 7.53. The van der Waals surface area contributed by atoms with Crippen LogP contribution in [0.5, 0.6) is 0 Å². The molecular weight excluding hydrogens is 324 g/mol. The van der Waals surface area contributed by atoms with Crippen LogP contribution in [0.4, 0.5) is 0 Å². The fourth-order valence-corrected chi connectivity index (χ4v) is 2.66. The number of benzene rings is 1. The second-order valence-electron chi connectivity index (χ2n) is 5.44. The summed E-state index contributed by atoms with van der Waals surface area (Å²) in [6.45, 7) is 5.00. The minimum atomic E-state index is -0.176. The number of hydrogen-bond donors (Lipinski definition) is 2. The molecule has 1 aromatic heterocycles. The van der Waals surface area contributed by atoms with Crippen LogP contribution in [0, 0.1) is 4.77 Å². The summed E-state index contributed by atoms with van der Waals surface area (Å²) in [7, 11) is 0. The highest BCUT2D eigenvalue weighted by Crippen LogP contribution is 2.09. The van der Waals surface area contributed by atoms with Crippen molar-refractivity contribution in [1.82, 2.24) is 20.1 Å². The van der Waals surface area contributed by atoms with Gasteiger partial charge in [-0.2, -0.15) is 5.10 Å². The molecule has 0 unspecified atom stereocenters. The molecule has 0 aliphatic heterocycles. The largest absolute Gasteiger partial charge is 0.349 e. The molecule has 0 aliphatic carbocycles. The van der Waals surface area contributed by atoms with Crippen molar-refractivity contribution >= 4 is 23.9 Å². The molecule has 24 heavy (non-hydrogen) atoms. The van der Waals surface area contributed by atoms with Gasteiger partial charge in [0, 0.05) is 24.9 Å². The molecule has 6 nitrogen and oxygen atoms in total. The van der Waals surface area contributed by atoms with Crippen LogP contribution in [0.2, 0.25) is 0 Å². The second-order valence-corrected chi connectivity index (χ2v) is 5.83. The first-order valence-electron chi connectivity index (χ1n) is 8.08. The molecule has 128 valence electrons. The molecule has 1 amide bonds. The fourth-order valence-electron chi connectivity index (χ4n) is 2.38. The summed E-state index contributed by atoms with van der Waals surface area (Å²) in [5, 5.41) is 9.56. The highest BCUT2D eigenvalue weighted by Gasteiger charge is 2.11. The number of amides is 1. The third-order valence-corrected chi connectivity index (χ3v) is 4.17. The number of Topliss-reactive ketones (excluding diaryl/α,β-unsaturated/α-hetero) is 1. The van der Waals surface area contributed by atoms with Crippen LogP contribution in [0.25, 0.3) is 0 Å². The summed E-state index contributed by atoms with van der Waals surface area (Å²) >= 11 is 5.10. The summed E-state index contributed by atoms with van der Waals surface area (Å²) in [4.78, 5) is 24.0. The molecule has 1 heterocycles. The van der Waals surface area contributed by atoms with Crippen LogP contribution >= 0.6 is 12.2 Å². The molecule has 0 aliphatic rings. The summed E-state index contributed by atoms with van der Waals surface area (Å²) in [6.07, 6.45) is 1.29. The lowest BCUT2D eigenvalue weighted by atomic mass is 10.0. The number of rotatable bonds is 8. The normalized spacial score (nSPS) is 10.6. The van der Waals surface area contributed by atoms with Gasteiger partial charge in [0.05, 0.1) is 6.54 Å². The van der Waals surface area contributed by atoms with E-state index in [-0.39, 0.29) is 24.5 Å². The molecule has 0 saturated carbocycles. The Morgan fingerprint density at radius 2 is 1.92 bits per heavy atom. The van der Waals surface area contributed by atoms with Crippen LogP contribution in [0.1, 0.15) is 48.4 Å². The Balaban J connectivity index is 1.81. The number of aromatic amines is 1. The molecule has 2 aromatic rings. The van der Waals surface area contributed by atoms with Gasteiger partial charge in [0.2, 0.25) is 5.91 Å². The monoisotopic (exact) mass is 346 g/mol. The van der Waals surface area contributed by atoms with Crippen molar-refractivity contribution in [1.29, 1.82) is 0 Å². The van der Waals surface area contributed by atoms with E-state index < -0.39 is 0 Å². The fraction of sp³-hybridized carbons (Fsp3) is 0.412. The topological polar surface area (TPSA) is 79.8 Å². The molecule has 0 fully saturated rings. The zero-order chi connectivity index (χ0) is 17.5. The van der Waals surface area contributed by atoms with Crippen molar-refractivity contribution in [2.75, 3.05) is 0 Å². The molecule has 2 rings (SSSR count). The summed E-state index contributed by atoms with van der Waals surface area (Å²) < 4.78 is 2.35. The van der Waals surface area contributed by atoms with Gasteiger partial charge in [-0.1, -0.05) is 31.2 Å². The molecule has 2 N–H and O–H groups in total. The number of nitrogens with zero attached hydrogens (tertiary/aromatic N) is 2. The Hall–Kier alpha value is -2.28. The first kappa shape index (κ1) is 18.1. The Labute approximate surface area is 146 Å². The molecule has 0 bridgehead atoms. The molecule has 0 spiro atoms. The van der Waals surface area contributed by atoms with E-state index in [4.69, 9.17) is 12.2 Å². The lowest BCUT2D eigenvalue weighted by molar-refractivity contribution is -0.121. The molecule has 0 radical (unpaired) electrons. The lowest BCUT2D eigenvalue weighted by Gasteiger charge is -2.06. The van der Waals surface area contributed by atoms with Crippen LogP contribution in [0.15, 0.2) is 24.3 Å². The van der Waals surface area contributed by atoms with Crippen LogP contribution in [0.3, 0.4) is 0 Å². The number of ketones is 1. The molecule has 0 atom stereocenters. The molecular formula is C17H22N4O2S. The van der Waals surface area contributed by atoms with Gasteiger partial charge >= 0.3 is 0 Å². The summed E-state index contributed by atoms with van der Waals surface area (Å²) in [5.41, 5.74) is 1.83. The Bertz CT molecular complexity index is 762. The van der Waals surface area contributed by atoms with E-state index >= 15 is 0 Å². The molecule has 0 saturated heterocycles. The lowest BCUT2D eigenvalue weighted by Crippen LogP contribution is -2.25. The highest BCUT2D eigenvalue weighted by atomic mass is 32.1. The number of aryl methyl sites for hydroxylation is 1. The molecule has 1 aromatic carbocycles. The number of carbonyl (C=O) groups excluding carboxylic acids is 2. The highest BCUT2D eigenvalue weighted by molar-refractivity contribution is 7.71. The van der Waals surface area contributed by atoms with Gasteiger partial charge < -0.3 is 9.88 Å². The van der Waals surface area contributed by atoms with E-state index in [0.717, 1.165) is 6.42 Å². The van der Waals surface area contributed by atoms with E-state index in [0.29, 0.717) is 29.2 Å². The van der Waals surface area contributed by atoms with Gasteiger partial charge in [-0.25, -0.2) is 0 Å². The number of aromatic nitrogens is 3. The summed E-state index contributed by atoms with van der Waals surface area (Å²) in [5.74, 6) is 0.478. The van der Waals surface area contributed by atoms with Gasteiger partial charge in [-0.05, 0) is 31.1 Å². The Morgan fingerprint density at radius 1 is 1.21 bits per heavy atom. The molecule has 7 heteroatoms. The van der Waals surface area contributed by atoms with Gasteiger partial charge in [-0.15, -0.1) is 0 Å². The van der Waals surface area contributed by atoms with E-state index in [1.165, 1.54) is 5.56 Å². The van der Waals surface area contributed by atoms with Crippen molar-refractivity contribution in [2.24, 2.45) is 0 Å². The minimum absolute atomic E-state index is 0.0240. The number of H-pyrrole nitrogens is 1. The van der Waals surface area contributed by atoms with Crippen molar-refractivity contribution in [3.63, 3.8) is 0 Å². The van der Waals surface area contributed by atoms with E-state index in [1.54, 1.807) is 0 Å². The number of hydrogen-bond acceptors (Lipinski definition) is 4. The smallest absolute Gasteiger partial charge is 0.220 e. The first-order chi connectivity index (χ1) is 11.5. The predicted octanol–water partition coefficient (Wildman–Crippen LogP) is 2.80. The van der Waals surface area contributed by atoms with Crippen molar-refractivity contribution < 1.29 is 9.59 Å². The van der Waals surface area contributed by atoms with Crippen molar-refractivity contribution in [3.05, 3.63) is 46.0 Å². The van der Waals surface area contributed by atoms with E-state index in [1.807, 2.05) is 35.8 Å². The SMILES string of the molecule is CCc1ccc(C(=O)CCC(=O)NCc2n[nH]c(=S)n2CC)cc1. The van der Waals surface area contributed by atoms with Gasteiger partial charge in [-0.3, -0.25) is 14.7 Å². The minimum Gasteiger partial charge on any atom is -0.349 e. The maximum absolute atomic E-state index is 12.1. The maximum atomic E-state index is 12.1. The van der Waals surface area contributed by atoms with Crippen LogP contribution in [-0.4, -0.2) is 26.5 Å². The average molecular weight is 346 g/mol. The predicted molar refractivity (Wildman–Crippen MR) is 94.3 cm³/mol. The zero-order valence-electron chi connectivity index (χ0n) is 14.0. The third-order valence-electron chi connectivity index (χ3n) is 3.86. The zero-order valence-corrected chi connectivity index (χ0v) is 14.8. The van der Waals surface area contributed by atoms with Crippen LogP contribution < -0.4 is 5.32 Å². The quantitative estimate of drug-likeness (QED) is 0.569. The standard InChI is InChI=1S/C17H22N4O2S/c1-3-12-5-7-13(8-6-12)14(22)9-10-16(23)18-11-15-19-20-17(24)21(15)4-2/h5-8H,3-4,9-11H2,1-2H3,(H,18,23)(H,20,24). The maximum Gasteiger partial charge on any atom is 0.220 e. The Morgan fingerprint density at radius 3 is 2.54 bits per heavy atom. The third kappa shape index (κ3) is 4.61. The van der Waals surface area contributed by atoms with Crippen molar-refractivity contribution in [3.8, 4) is 0 Å². The van der Waals surface area contributed by atoms with E-state index in [9.17, 15) is 9.59 Å².